The van der Waals surface area contributed by atoms with Gasteiger partial charge < -0.3 is 4.90 Å². The highest BCUT2D eigenvalue weighted by Crippen LogP contribution is 2.39. The molecule has 2 aromatic carbocycles. The second kappa shape index (κ2) is 7.57. The summed E-state index contributed by atoms with van der Waals surface area (Å²) in [7, 11) is 0. The number of hydrogen-bond donors (Lipinski definition) is 0. The van der Waals surface area contributed by atoms with Crippen molar-refractivity contribution in [2.75, 3.05) is 22.9 Å². The summed E-state index contributed by atoms with van der Waals surface area (Å²) in [5, 5.41) is 0.973. The van der Waals surface area contributed by atoms with Gasteiger partial charge in [-0.25, -0.2) is 0 Å². The average Bonchev–Trinajstić information content (AvgIpc) is 3.22. The number of halogens is 2. The second-order valence-corrected chi connectivity index (χ2v) is 7.99. The maximum absolute atomic E-state index is 13.4. The lowest BCUT2D eigenvalue weighted by atomic mass is 9.97. The summed E-state index contributed by atoms with van der Waals surface area (Å²) < 4.78 is 0. The van der Waals surface area contributed by atoms with Gasteiger partial charge in [0.2, 0.25) is 5.91 Å². The van der Waals surface area contributed by atoms with Crippen LogP contribution >= 0.6 is 23.2 Å². The van der Waals surface area contributed by atoms with Gasteiger partial charge in [0.05, 0.1) is 27.3 Å². The predicted octanol–water partition coefficient (Wildman–Crippen LogP) is 5.80. The van der Waals surface area contributed by atoms with E-state index in [1.807, 2.05) is 24.1 Å². The van der Waals surface area contributed by atoms with Crippen molar-refractivity contribution in [3.8, 4) is 0 Å². The zero-order valence-electron chi connectivity index (χ0n) is 15.3. The summed E-state index contributed by atoms with van der Waals surface area (Å²) in [5.74, 6) is -0.278. The molecule has 4 rings (SSSR count). The topological polar surface area (TPSA) is 23.6 Å². The molecule has 27 heavy (non-hydrogen) atoms. The number of amides is 1. The average molecular weight is 401 g/mol. The third-order valence-corrected chi connectivity index (χ3v) is 6.17. The van der Waals surface area contributed by atoms with Crippen LogP contribution in [0.4, 0.5) is 11.4 Å². The van der Waals surface area contributed by atoms with E-state index in [9.17, 15) is 4.79 Å². The molecule has 2 heterocycles. The minimum atomic E-state index is -0.318. The third-order valence-electron chi connectivity index (χ3n) is 5.43. The van der Waals surface area contributed by atoms with Crippen LogP contribution in [-0.4, -0.2) is 19.0 Å². The summed E-state index contributed by atoms with van der Waals surface area (Å²) in [6, 6.07) is 11.7. The number of rotatable bonds is 3. The number of benzene rings is 2. The van der Waals surface area contributed by atoms with Crippen LogP contribution in [0.25, 0.3) is 0 Å². The molecule has 5 heteroatoms. The first-order valence-electron chi connectivity index (χ1n) is 9.38. The zero-order chi connectivity index (χ0) is 19.0. The summed E-state index contributed by atoms with van der Waals surface area (Å²) >= 11 is 12.2. The lowest BCUT2D eigenvalue weighted by Gasteiger charge is -2.32. The molecule has 0 aliphatic carbocycles. The van der Waals surface area contributed by atoms with Crippen molar-refractivity contribution < 1.29 is 4.79 Å². The van der Waals surface area contributed by atoms with Gasteiger partial charge >= 0.3 is 0 Å². The van der Waals surface area contributed by atoms with E-state index >= 15 is 0 Å². The number of hydrogen-bond acceptors (Lipinski definition) is 2. The molecule has 1 amide bonds. The predicted molar refractivity (Wildman–Crippen MR) is 113 cm³/mol. The summed E-state index contributed by atoms with van der Waals surface area (Å²) in [5.41, 5.74) is 4.24. The fourth-order valence-corrected chi connectivity index (χ4v) is 4.22. The van der Waals surface area contributed by atoms with Gasteiger partial charge in [-0.05, 0) is 55.5 Å². The van der Waals surface area contributed by atoms with Crippen LogP contribution in [0.3, 0.4) is 0 Å². The van der Waals surface area contributed by atoms with E-state index in [1.54, 1.807) is 12.1 Å². The first-order chi connectivity index (χ1) is 13.1. The van der Waals surface area contributed by atoms with E-state index in [-0.39, 0.29) is 11.8 Å². The first-order valence-corrected chi connectivity index (χ1v) is 10.1. The second-order valence-electron chi connectivity index (χ2n) is 7.17. The van der Waals surface area contributed by atoms with Crippen molar-refractivity contribution in [2.45, 2.75) is 32.1 Å². The largest absolute Gasteiger partial charge is 0.370 e. The molecule has 1 atom stereocenters. The van der Waals surface area contributed by atoms with Crippen molar-refractivity contribution in [3.05, 3.63) is 69.8 Å². The van der Waals surface area contributed by atoms with Crippen molar-refractivity contribution in [1.82, 2.24) is 0 Å². The molecular weight excluding hydrogens is 379 g/mol. The van der Waals surface area contributed by atoms with Crippen LogP contribution in [0, 0.1) is 0 Å². The minimum Gasteiger partial charge on any atom is -0.370 e. The van der Waals surface area contributed by atoms with Gasteiger partial charge in [0.25, 0.3) is 0 Å². The van der Waals surface area contributed by atoms with Crippen LogP contribution in [0.15, 0.2) is 48.7 Å². The van der Waals surface area contributed by atoms with Crippen LogP contribution in [-0.2, 0) is 11.2 Å². The minimum absolute atomic E-state index is 0.0391. The summed E-state index contributed by atoms with van der Waals surface area (Å²) in [6.45, 7) is 4.01. The van der Waals surface area contributed by atoms with Gasteiger partial charge in [0.15, 0.2) is 0 Å². The zero-order valence-corrected chi connectivity index (χ0v) is 16.8. The van der Waals surface area contributed by atoms with Crippen molar-refractivity contribution in [2.24, 2.45) is 0 Å². The van der Waals surface area contributed by atoms with Crippen LogP contribution in [0.5, 0.6) is 0 Å². The molecule has 2 aromatic rings. The lowest BCUT2D eigenvalue weighted by Crippen LogP contribution is -2.33. The highest BCUT2D eigenvalue weighted by atomic mass is 35.5. The standard InChI is InChI=1S/C22H22Cl2N2O/c1-15(17-9-10-18(23)19(24)14-17)22(27)26-13-5-7-16-6-4-8-20(21(16)26)25-11-2-3-12-25/h4-6,8-10,13-15H,2-3,7,11-12H2,1H3. The highest BCUT2D eigenvalue weighted by Gasteiger charge is 2.29. The Hall–Kier alpha value is -1.97. The number of allylic oxidation sites excluding steroid dienone is 1. The summed E-state index contributed by atoms with van der Waals surface area (Å²) in [6.07, 6.45) is 7.22. The van der Waals surface area contributed by atoms with Gasteiger partial charge in [-0.1, -0.05) is 47.5 Å². The first kappa shape index (κ1) is 18.4. The van der Waals surface area contributed by atoms with Gasteiger partial charge in [-0.2, -0.15) is 0 Å². The lowest BCUT2D eigenvalue weighted by molar-refractivity contribution is -0.119. The normalized spacial score (nSPS) is 17.1. The molecule has 1 unspecified atom stereocenters. The monoisotopic (exact) mass is 400 g/mol. The quantitative estimate of drug-likeness (QED) is 0.649. The number of carbonyl (C=O) groups is 1. The van der Waals surface area contributed by atoms with E-state index in [2.05, 4.69) is 29.2 Å². The molecule has 0 aromatic heterocycles. The smallest absolute Gasteiger partial charge is 0.238 e. The SMILES string of the molecule is CC(C(=O)N1C=CCc2cccc(N3CCCC3)c21)c1ccc(Cl)c(Cl)c1. The van der Waals surface area contributed by atoms with Crippen molar-refractivity contribution in [1.29, 1.82) is 0 Å². The van der Waals surface area contributed by atoms with E-state index in [1.165, 1.54) is 18.4 Å². The molecule has 2 aliphatic heterocycles. The Morgan fingerprint density at radius 1 is 1.07 bits per heavy atom. The third kappa shape index (κ3) is 3.46. The fourth-order valence-electron chi connectivity index (χ4n) is 3.91. The summed E-state index contributed by atoms with van der Waals surface area (Å²) in [4.78, 5) is 17.6. The molecule has 140 valence electrons. The van der Waals surface area contributed by atoms with Crippen molar-refractivity contribution >= 4 is 40.5 Å². The fraction of sp³-hybridized carbons (Fsp3) is 0.318. The number of anilines is 2. The Labute approximate surface area is 170 Å². The highest BCUT2D eigenvalue weighted by molar-refractivity contribution is 6.42. The van der Waals surface area contributed by atoms with E-state index in [0.29, 0.717) is 10.0 Å². The van der Waals surface area contributed by atoms with E-state index in [4.69, 9.17) is 23.2 Å². The van der Waals surface area contributed by atoms with Crippen LogP contribution < -0.4 is 9.80 Å². The molecule has 0 saturated carbocycles. The van der Waals surface area contributed by atoms with Gasteiger partial charge in [0, 0.05) is 19.3 Å². The van der Waals surface area contributed by atoms with Crippen molar-refractivity contribution in [3.63, 3.8) is 0 Å². The van der Waals surface area contributed by atoms with Crippen LogP contribution in [0.1, 0.15) is 36.8 Å². The molecule has 3 nitrogen and oxygen atoms in total. The van der Waals surface area contributed by atoms with E-state index < -0.39 is 0 Å². The molecular formula is C22H22Cl2N2O. The van der Waals surface area contributed by atoms with Gasteiger partial charge in [0.1, 0.15) is 0 Å². The molecule has 0 N–H and O–H groups in total. The molecule has 1 saturated heterocycles. The number of carbonyl (C=O) groups excluding carboxylic acids is 1. The van der Waals surface area contributed by atoms with Crippen LogP contribution in [0.2, 0.25) is 10.0 Å². The maximum atomic E-state index is 13.4. The number of nitrogens with zero attached hydrogens (tertiary/aromatic N) is 2. The number of para-hydroxylation sites is 1. The van der Waals surface area contributed by atoms with Gasteiger partial charge in [-0.3, -0.25) is 9.69 Å². The molecule has 0 radical (unpaired) electrons. The molecule has 2 aliphatic rings. The number of fused-ring (bicyclic) bond motifs is 1. The Morgan fingerprint density at radius 2 is 1.85 bits per heavy atom. The molecule has 1 fully saturated rings. The molecule has 0 spiro atoms. The van der Waals surface area contributed by atoms with E-state index in [0.717, 1.165) is 36.4 Å². The maximum Gasteiger partial charge on any atom is 0.238 e. The Bertz CT molecular complexity index is 903. The van der Waals surface area contributed by atoms with Gasteiger partial charge in [-0.15, -0.1) is 0 Å². The Balaban J connectivity index is 1.70. The Morgan fingerprint density at radius 3 is 2.59 bits per heavy atom. The Kier molecular flexibility index (Phi) is 5.16. The molecule has 0 bridgehead atoms.